The maximum atomic E-state index is 12.9. The van der Waals surface area contributed by atoms with Gasteiger partial charge in [0.15, 0.2) is 0 Å². The molecule has 1 atom stereocenters. The van der Waals surface area contributed by atoms with Gasteiger partial charge in [-0.1, -0.05) is 42.5 Å². The molecule has 2 aromatic carbocycles. The van der Waals surface area contributed by atoms with Gasteiger partial charge < -0.3 is 15.0 Å². The highest BCUT2D eigenvalue weighted by molar-refractivity contribution is 6.03. The number of aromatic hydroxyl groups is 1. The van der Waals surface area contributed by atoms with Crippen molar-refractivity contribution in [1.29, 1.82) is 0 Å². The Kier molecular flexibility index (Phi) is 4.44. The summed E-state index contributed by atoms with van der Waals surface area (Å²) in [6.45, 7) is 2.40. The van der Waals surface area contributed by atoms with Crippen molar-refractivity contribution >= 4 is 16.8 Å². The molecule has 0 aliphatic carbocycles. The lowest BCUT2D eigenvalue weighted by Crippen LogP contribution is -2.34. The van der Waals surface area contributed by atoms with E-state index in [-0.39, 0.29) is 17.4 Å². The summed E-state index contributed by atoms with van der Waals surface area (Å²) in [6, 6.07) is 15.6. The Bertz CT molecular complexity index is 1070. The SMILES string of the molecule is C[C@H]1Cc2cccc3c(O)c(C(=O)NCCCc4ccccc4)c(=O)n1c23. The van der Waals surface area contributed by atoms with E-state index in [0.29, 0.717) is 11.9 Å². The number of aryl methyl sites for hydroxylation is 1. The molecular weight excluding hydrogens is 340 g/mol. The maximum Gasteiger partial charge on any atom is 0.267 e. The molecule has 0 saturated heterocycles. The van der Waals surface area contributed by atoms with Crippen LogP contribution in [0.5, 0.6) is 5.75 Å². The first-order valence-corrected chi connectivity index (χ1v) is 9.29. The standard InChI is InChI=1S/C22H22N2O3/c1-14-13-16-10-5-11-17-19(16)24(14)22(27)18(20(17)25)21(26)23-12-6-9-15-7-3-2-4-8-15/h2-5,7-8,10-11,14,25H,6,9,12-13H2,1H3,(H,23,26)/t14-/m0/s1. The van der Waals surface area contributed by atoms with Crippen molar-refractivity contribution in [2.75, 3.05) is 6.54 Å². The van der Waals surface area contributed by atoms with Gasteiger partial charge in [-0.2, -0.15) is 0 Å². The average molecular weight is 362 g/mol. The lowest BCUT2D eigenvalue weighted by atomic mass is 10.1. The first-order chi connectivity index (χ1) is 13.1. The molecule has 0 unspecified atom stereocenters. The molecule has 1 aliphatic heterocycles. The van der Waals surface area contributed by atoms with Gasteiger partial charge in [0, 0.05) is 18.0 Å². The number of amides is 1. The molecule has 5 heteroatoms. The number of nitrogens with one attached hydrogen (secondary N) is 1. The molecule has 1 aromatic heterocycles. The molecule has 2 N–H and O–H groups in total. The summed E-state index contributed by atoms with van der Waals surface area (Å²) in [4.78, 5) is 25.6. The molecule has 1 amide bonds. The van der Waals surface area contributed by atoms with Crippen LogP contribution < -0.4 is 10.9 Å². The molecule has 27 heavy (non-hydrogen) atoms. The smallest absolute Gasteiger partial charge is 0.267 e. The van der Waals surface area contributed by atoms with Crippen LogP contribution in [0.4, 0.5) is 0 Å². The van der Waals surface area contributed by atoms with Gasteiger partial charge in [-0.25, -0.2) is 0 Å². The molecule has 5 nitrogen and oxygen atoms in total. The summed E-state index contributed by atoms with van der Waals surface area (Å²) < 4.78 is 1.64. The molecule has 0 bridgehead atoms. The van der Waals surface area contributed by atoms with Gasteiger partial charge in [-0.05, 0) is 43.4 Å². The zero-order valence-corrected chi connectivity index (χ0v) is 15.2. The third-order valence-electron chi connectivity index (χ3n) is 5.24. The molecule has 0 fully saturated rings. The summed E-state index contributed by atoms with van der Waals surface area (Å²) in [6.07, 6.45) is 2.34. The van der Waals surface area contributed by atoms with E-state index in [0.717, 1.165) is 30.3 Å². The zero-order chi connectivity index (χ0) is 19.0. The number of para-hydroxylation sites is 1. The minimum Gasteiger partial charge on any atom is -0.506 e. The van der Waals surface area contributed by atoms with Gasteiger partial charge in [-0.3, -0.25) is 9.59 Å². The predicted octanol–water partition coefficient (Wildman–Crippen LogP) is 3.19. The van der Waals surface area contributed by atoms with Crippen LogP contribution in [0.1, 0.15) is 40.9 Å². The Morgan fingerprint density at radius 1 is 1.19 bits per heavy atom. The van der Waals surface area contributed by atoms with E-state index in [4.69, 9.17) is 0 Å². The number of benzene rings is 2. The largest absolute Gasteiger partial charge is 0.506 e. The Morgan fingerprint density at radius 2 is 1.96 bits per heavy atom. The van der Waals surface area contributed by atoms with Crippen LogP contribution in [0, 0.1) is 0 Å². The fraction of sp³-hybridized carbons (Fsp3) is 0.273. The first kappa shape index (κ1) is 17.3. The molecule has 2 heterocycles. The van der Waals surface area contributed by atoms with Crippen LogP contribution in [0.15, 0.2) is 53.3 Å². The van der Waals surface area contributed by atoms with Gasteiger partial charge >= 0.3 is 0 Å². The van der Waals surface area contributed by atoms with E-state index in [1.54, 1.807) is 10.6 Å². The summed E-state index contributed by atoms with van der Waals surface area (Å²) in [5, 5.41) is 14.0. The quantitative estimate of drug-likeness (QED) is 0.685. The van der Waals surface area contributed by atoms with E-state index in [9.17, 15) is 14.7 Å². The van der Waals surface area contributed by atoms with Gasteiger partial charge in [-0.15, -0.1) is 0 Å². The number of carbonyl (C=O) groups is 1. The second kappa shape index (κ2) is 6.91. The van der Waals surface area contributed by atoms with Crippen LogP contribution >= 0.6 is 0 Å². The van der Waals surface area contributed by atoms with Crippen molar-refractivity contribution in [2.45, 2.75) is 32.2 Å². The van der Waals surface area contributed by atoms with Crippen molar-refractivity contribution in [1.82, 2.24) is 9.88 Å². The third-order valence-corrected chi connectivity index (χ3v) is 5.24. The van der Waals surface area contributed by atoms with Gasteiger partial charge in [0.1, 0.15) is 11.3 Å². The molecule has 0 saturated carbocycles. The highest BCUT2D eigenvalue weighted by atomic mass is 16.3. The summed E-state index contributed by atoms with van der Waals surface area (Å²) in [5.74, 6) is -0.733. The fourth-order valence-corrected chi connectivity index (χ4v) is 3.95. The van der Waals surface area contributed by atoms with Gasteiger partial charge in [0.05, 0.1) is 5.52 Å². The third kappa shape index (κ3) is 2.99. The van der Waals surface area contributed by atoms with Crippen molar-refractivity contribution in [3.63, 3.8) is 0 Å². The monoisotopic (exact) mass is 362 g/mol. The fourth-order valence-electron chi connectivity index (χ4n) is 3.95. The van der Waals surface area contributed by atoms with Crippen molar-refractivity contribution in [2.24, 2.45) is 0 Å². The number of carbonyl (C=O) groups excluding carboxylic acids is 1. The Hall–Kier alpha value is -3.08. The summed E-state index contributed by atoms with van der Waals surface area (Å²) >= 11 is 0. The first-order valence-electron chi connectivity index (χ1n) is 9.29. The molecule has 1 aliphatic rings. The van der Waals surface area contributed by atoms with Crippen LogP contribution in [-0.4, -0.2) is 22.1 Å². The minimum absolute atomic E-state index is 0.0253. The Morgan fingerprint density at radius 3 is 2.74 bits per heavy atom. The highest BCUT2D eigenvalue weighted by Gasteiger charge is 2.29. The van der Waals surface area contributed by atoms with Crippen molar-refractivity contribution in [3.8, 4) is 5.75 Å². The number of aromatic nitrogens is 1. The predicted molar refractivity (Wildman–Crippen MR) is 105 cm³/mol. The van der Waals surface area contributed by atoms with Crippen molar-refractivity contribution in [3.05, 3.63) is 75.6 Å². The lowest BCUT2D eigenvalue weighted by Gasteiger charge is -2.14. The number of hydrogen-bond donors (Lipinski definition) is 2. The summed E-state index contributed by atoms with van der Waals surface area (Å²) in [7, 11) is 0. The minimum atomic E-state index is -0.513. The Balaban J connectivity index is 1.57. The highest BCUT2D eigenvalue weighted by Crippen LogP contribution is 2.35. The number of rotatable bonds is 5. The molecular formula is C22H22N2O3. The molecule has 3 aromatic rings. The second-order valence-electron chi connectivity index (χ2n) is 7.11. The average Bonchev–Trinajstić information content (AvgIpc) is 3.01. The van der Waals surface area contributed by atoms with E-state index in [2.05, 4.69) is 5.32 Å². The Labute approximate surface area is 157 Å². The van der Waals surface area contributed by atoms with Crippen molar-refractivity contribution < 1.29 is 9.90 Å². The number of hydrogen-bond acceptors (Lipinski definition) is 3. The van der Waals surface area contributed by atoms with Crippen LogP contribution in [0.3, 0.4) is 0 Å². The van der Waals surface area contributed by atoms with Crippen LogP contribution in [0.2, 0.25) is 0 Å². The molecule has 0 radical (unpaired) electrons. The van der Waals surface area contributed by atoms with Gasteiger partial charge in [0.25, 0.3) is 11.5 Å². The molecule has 138 valence electrons. The van der Waals surface area contributed by atoms with Gasteiger partial charge in [0.2, 0.25) is 0 Å². The van der Waals surface area contributed by atoms with E-state index < -0.39 is 11.5 Å². The molecule has 4 rings (SSSR count). The van der Waals surface area contributed by atoms with E-state index >= 15 is 0 Å². The van der Waals surface area contributed by atoms with E-state index in [1.807, 2.05) is 49.4 Å². The topological polar surface area (TPSA) is 71.3 Å². The van der Waals surface area contributed by atoms with E-state index in [1.165, 1.54) is 5.56 Å². The lowest BCUT2D eigenvalue weighted by molar-refractivity contribution is 0.0948. The second-order valence-corrected chi connectivity index (χ2v) is 7.11. The zero-order valence-electron chi connectivity index (χ0n) is 15.2. The normalized spacial score (nSPS) is 15.2. The van der Waals surface area contributed by atoms with Crippen LogP contribution in [-0.2, 0) is 12.8 Å². The number of nitrogens with zero attached hydrogens (tertiary/aromatic N) is 1. The summed E-state index contributed by atoms with van der Waals surface area (Å²) in [5.41, 5.74) is 2.40. The number of pyridine rings is 1. The van der Waals surface area contributed by atoms with Crippen LogP contribution in [0.25, 0.3) is 10.9 Å². The maximum absolute atomic E-state index is 12.9. The molecule has 0 spiro atoms.